The van der Waals surface area contributed by atoms with Crippen molar-refractivity contribution in [1.29, 1.82) is 0 Å². The van der Waals surface area contributed by atoms with Gasteiger partial charge in [-0.3, -0.25) is 0 Å². The number of benzene rings is 8. The fraction of sp³-hybridized carbons (Fsp3) is 0. The second-order valence-electron chi connectivity index (χ2n) is 12.9. The zero-order valence-corrected chi connectivity index (χ0v) is 27.3. The van der Waals surface area contributed by atoms with Crippen LogP contribution in [0.1, 0.15) is 0 Å². The van der Waals surface area contributed by atoms with Gasteiger partial charge in [0.15, 0.2) is 0 Å². The number of hydrogen-bond donors (Lipinski definition) is 0. The highest BCUT2D eigenvalue weighted by molar-refractivity contribution is 7.26. The van der Waals surface area contributed by atoms with Crippen molar-refractivity contribution in [2.75, 3.05) is 0 Å². The van der Waals surface area contributed by atoms with E-state index in [0.29, 0.717) is 0 Å². The van der Waals surface area contributed by atoms with Gasteiger partial charge < -0.3 is 9.13 Å². The van der Waals surface area contributed by atoms with E-state index < -0.39 is 0 Å². The summed E-state index contributed by atoms with van der Waals surface area (Å²) in [6, 6.07) is 62.4. The van der Waals surface area contributed by atoms with Crippen molar-refractivity contribution < 1.29 is 0 Å². The Kier molecular flexibility index (Phi) is 5.57. The molecule has 0 saturated carbocycles. The predicted octanol–water partition coefficient (Wildman–Crippen LogP) is 13.1. The fourth-order valence-electron chi connectivity index (χ4n) is 8.18. The Labute approximate surface area is 286 Å². The standard InChI is InChI=1S/C46H28N2S/c1-2-13-32(14-3-1)47-41-24-22-31(28-37(41)45-42(47)25-26-44-46(45)35-17-7-9-20-43(35)49-44)30-21-23-40-36(27-30)34-16-6-8-18-39(34)48(40)38-19-10-12-29-11-4-5-15-33(29)38/h1-28H. The summed E-state index contributed by atoms with van der Waals surface area (Å²) in [6.45, 7) is 0. The lowest BCUT2D eigenvalue weighted by molar-refractivity contribution is 1.18. The number of aromatic nitrogens is 2. The second kappa shape index (κ2) is 10.2. The highest BCUT2D eigenvalue weighted by Gasteiger charge is 2.19. The molecular formula is C46H28N2S. The minimum atomic E-state index is 1.18. The van der Waals surface area contributed by atoms with E-state index in [1.807, 2.05) is 11.3 Å². The Bertz CT molecular complexity index is 3100. The maximum absolute atomic E-state index is 2.44. The molecule has 3 heterocycles. The van der Waals surface area contributed by atoms with Crippen LogP contribution in [0.15, 0.2) is 170 Å². The molecule has 49 heavy (non-hydrogen) atoms. The highest BCUT2D eigenvalue weighted by Crippen LogP contribution is 2.45. The summed E-state index contributed by atoms with van der Waals surface area (Å²) in [5.74, 6) is 0. The molecule has 0 aliphatic heterocycles. The Morgan fingerprint density at radius 1 is 0.347 bits per heavy atom. The number of fused-ring (bicyclic) bond motifs is 11. The van der Waals surface area contributed by atoms with E-state index in [-0.39, 0.29) is 0 Å². The molecule has 0 aliphatic carbocycles. The van der Waals surface area contributed by atoms with Crippen molar-refractivity contribution in [1.82, 2.24) is 9.13 Å². The summed E-state index contributed by atoms with van der Waals surface area (Å²) < 4.78 is 7.52. The summed E-state index contributed by atoms with van der Waals surface area (Å²) in [5, 5.41) is 10.3. The monoisotopic (exact) mass is 640 g/mol. The van der Waals surface area contributed by atoms with Crippen molar-refractivity contribution in [3.63, 3.8) is 0 Å². The van der Waals surface area contributed by atoms with Crippen molar-refractivity contribution >= 4 is 85.9 Å². The molecule has 0 saturated heterocycles. The van der Waals surface area contributed by atoms with E-state index in [1.165, 1.54) is 97.1 Å². The summed E-state index contributed by atoms with van der Waals surface area (Å²) in [7, 11) is 0. The minimum absolute atomic E-state index is 1.18. The lowest BCUT2D eigenvalue weighted by atomic mass is 9.99. The van der Waals surface area contributed by atoms with Crippen LogP contribution in [0.25, 0.3) is 97.1 Å². The molecule has 2 nitrogen and oxygen atoms in total. The Hall–Kier alpha value is -6.16. The van der Waals surface area contributed by atoms with Crippen LogP contribution < -0.4 is 0 Å². The normalized spacial score (nSPS) is 12.1. The van der Waals surface area contributed by atoms with Gasteiger partial charge in [-0.05, 0) is 83.2 Å². The largest absolute Gasteiger partial charge is 0.309 e. The topological polar surface area (TPSA) is 9.86 Å². The molecule has 11 rings (SSSR count). The molecular weight excluding hydrogens is 613 g/mol. The summed E-state index contributed by atoms with van der Waals surface area (Å²) >= 11 is 1.88. The molecule has 0 bridgehead atoms. The first-order chi connectivity index (χ1) is 24.3. The first-order valence-electron chi connectivity index (χ1n) is 16.8. The second-order valence-corrected chi connectivity index (χ2v) is 14.0. The van der Waals surface area contributed by atoms with Crippen molar-refractivity contribution in [3.8, 4) is 22.5 Å². The molecule has 0 aliphatic rings. The number of hydrogen-bond acceptors (Lipinski definition) is 1. The SMILES string of the molecule is c1ccc(-n2c3ccc(-c4ccc5c(c4)c4ccccc4n5-c4cccc5ccccc45)cc3c3c4c(ccc32)sc2ccccc24)cc1. The summed E-state index contributed by atoms with van der Waals surface area (Å²) in [4.78, 5) is 0. The van der Waals surface area contributed by atoms with Crippen LogP contribution >= 0.6 is 11.3 Å². The average Bonchev–Trinajstić information content (AvgIpc) is 3.82. The van der Waals surface area contributed by atoms with Crippen LogP contribution in [-0.4, -0.2) is 9.13 Å². The molecule has 228 valence electrons. The van der Waals surface area contributed by atoms with Crippen LogP contribution in [0.3, 0.4) is 0 Å². The van der Waals surface area contributed by atoms with Crippen LogP contribution in [0.5, 0.6) is 0 Å². The van der Waals surface area contributed by atoms with E-state index in [0.717, 1.165) is 0 Å². The third-order valence-corrected chi connectivity index (χ3v) is 11.4. The lowest BCUT2D eigenvalue weighted by Crippen LogP contribution is -1.95. The third kappa shape index (κ3) is 3.82. The van der Waals surface area contributed by atoms with Gasteiger partial charge in [0.05, 0.1) is 27.8 Å². The van der Waals surface area contributed by atoms with Gasteiger partial charge in [0.1, 0.15) is 0 Å². The van der Waals surface area contributed by atoms with Gasteiger partial charge >= 0.3 is 0 Å². The van der Waals surface area contributed by atoms with Crippen molar-refractivity contribution in [3.05, 3.63) is 170 Å². The molecule has 0 spiro atoms. The fourth-order valence-corrected chi connectivity index (χ4v) is 9.29. The Balaban J connectivity index is 1.19. The molecule has 8 aromatic carbocycles. The van der Waals surface area contributed by atoms with Gasteiger partial charge in [-0.15, -0.1) is 11.3 Å². The Morgan fingerprint density at radius 2 is 0.980 bits per heavy atom. The van der Waals surface area contributed by atoms with Gasteiger partial charge in [0.2, 0.25) is 0 Å². The van der Waals surface area contributed by atoms with Crippen LogP contribution in [-0.2, 0) is 0 Å². The van der Waals surface area contributed by atoms with Gasteiger partial charge in [-0.25, -0.2) is 0 Å². The summed E-state index contributed by atoms with van der Waals surface area (Å²) in [6.07, 6.45) is 0. The number of para-hydroxylation sites is 2. The molecule has 3 aromatic heterocycles. The lowest BCUT2D eigenvalue weighted by Gasteiger charge is -2.12. The van der Waals surface area contributed by atoms with Gasteiger partial charge in [-0.1, -0.05) is 103 Å². The maximum atomic E-state index is 2.44. The maximum Gasteiger partial charge on any atom is 0.0548 e. The summed E-state index contributed by atoms with van der Waals surface area (Å²) in [5.41, 5.74) is 9.73. The highest BCUT2D eigenvalue weighted by atomic mass is 32.1. The van der Waals surface area contributed by atoms with E-state index in [2.05, 4.69) is 179 Å². The molecule has 0 radical (unpaired) electrons. The van der Waals surface area contributed by atoms with Crippen LogP contribution in [0, 0.1) is 0 Å². The molecule has 11 aromatic rings. The van der Waals surface area contributed by atoms with Gasteiger partial charge in [-0.2, -0.15) is 0 Å². The molecule has 0 unspecified atom stereocenters. The minimum Gasteiger partial charge on any atom is -0.309 e. The smallest absolute Gasteiger partial charge is 0.0548 e. The van der Waals surface area contributed by atoms with Crippen molar-refractivity contribution in [2.24, 2.45) is 0 Å². The van der Waals surface area contributed by atoms with Gasteiger partial charge in [0, 0.05) is 52.8 Å². The molecule has 0 fully saturated rings. The molecule has 0 amide bonds. The zero-order chi connectivity index (χ0) is 32.1. The number of thiophene rings is 1. The average molecular weight is 641 g/mol. The van der Waals surface area contributed by atoms with Crippen LogP contribution in [0.2, 0.25) is 0 Å². The Morgan fingerprint density at radius 3 is 1.84 bits per heavy atom. The van der Waals surface area contributed by atoms with E-state index in [4.69, 9.17) is 0 Å². The quantitative estimate of drug-likeness (QED) is 0.182. The van der Waals surface area contributed by atoms with Crippen molar-refractivity contribution in [2.45, 2.75) is 0 Å². The molecule has 0 N–H and O–H groups in total. The van der Waals surface area contributed by atoms with E-state index in [1.54, 1.807) is 0 Å². The van der Waals surface area contributed by atoms with Crippen LogP contribution in [0.4, 0.5) is 0 Å². The number of nitrogens with zero attached hydrogens (tertiary/aromatic N) is 2. The molecule has 0 atom stereocenters. The predicted molar refractivity (Wildman–Crippen MR) is 211 cm³/mol. The zero-order valence-electron chi connectivity index (χ0n) is 26.5. The first-order valence-corrected chi connectivity index (χ1v) is 17.6. The van der Waals surface area contributed by atoms with E-state index >= 15 is 0 Å². The van der Waals surface area contributed by atoms with E-state index in [9.17, 15) is 0 Å². The molecule has 3 heteroatoms. The third-order valence-electron chi connectivity index (χ3n) is 10.3. The van der Waals surface area contributed by atoms with Gasteiger partial charge in [0.25, 0.3) is 0 Å². The first kappa shape index (κ1) is 26.9. The number of rotatable bonds is 3.